The lowest BCUT2D eigenvalue weighted by atomic mass is 10.1. The molecule has 2 atom stereocenters. The zero-order valence-electron chi connectivity index (χ0n) is 9.94. The van der Waals surface area contributed by atoms with Gasteiger partial charge < -0.3 is 15.5 Å². The van der Waals surface area contributed by atoms with E-state index in [-0.39, 0.29) is 11.3 Å². The normalized spacial score (nSPS) is 13.4. The molecule has 0 aliphatic rings. The van der Waals surface area contributed by atoms with E-state index in [1.165, 1.54) is 19.1 Å². The molecule has 0 saturated heterocycles. The number of amides is 1. The number of aliphatic hydroxyl groups is 1. The van der Waals surface area contributed by atoms with Crippen LogP contribution >= 0.6 is 0 Å². The van der Waals surface area contributed by atoms with Crippen LogP contribution in [0.3, 0.4) is 0 Å². The van der Waals surface area contributed by atoms with E-state index >= 15 is 0 Å². The predicted octanol–water partition coefficient (Wildman–Crippen LogP) is 0.159. The number of benzene rings is 1. The number of aliphatic hydroxyl groups excluding tert-OH is 1. The first kappa shape index (κ1) is 14.6. The van der Waals surface area contributed by atoms with E-state index in [4.69, 9.17) is 5.11 Å². The van der Waals surface area contributed by atoms with Gasteiger partial charge in [-0.15, -0.1) is 0 Å². The van der Waals surface area contributed by atoms with Crippen molar-refractivity contribution in [3.05, 3.63) is 39.9 Å². The Balaban J connectivity index is 2.83. The van der Waals surface area contributed by atoms with Gasteiger partial charge in [-0.2, -0.15) is 0 Å². The molecular weight excluding hydrogens is 256 g/mol. The SMILES string of the molecule is C[C@H](O)[C@@H](NC(=O)c1ccc([N+](=O)[O-])cc1)C(=O)O. The van der Waals surface area contributed by atoms with Crippen molar-refractivity contribution < 1.29 is 24.7 Å². The van der Waals surface area contributed by atoms with Crippen LogP contribution in [0.15, 0.2) is 24.3 Å². The molecule has 19 heavy (non-hydrogen) atoms. The minimum absolute atomic E-state index is 0.0671. The van der Waals surface area contributed by atoms with Crippen molar-refractivity contribution in [1.29, 1.82) is 0 Å². The van der Waals surface area contributed by atoms with Gasteiger partial charge in [0.25, 0.3) is 11.6 Å². The van der Waals surface area contributed by atoms with Crippen LogP contribution < -0.4 is 5.32 Å². The fourth-order valence-electron chi connectivity index (χ4n) is 1.35. The molecule has 8 heteroatoms. The molecule has 0 bridgehead atoms. The van der Waals surface area contributed by atoms with Gasteiger partial charge >= 0.3 is 5.97 Å². The number of aliphatic carboxylic acids is 1. The monoisotopic (exact) mass is 268 g/mol. The average Bonchev–Trinajstić information content (AvgIpc) is 2.34. The third-order valence-corrected chi connectivity index (χ3v) is 2.38. The second kappa shape index (κ2) is 5.91. The summed E-state index contributed by atoms with van der Waals surface area (Å²) in [4.78, 5) is 32.3. The highest BCUT2D eigenvalue weighted by Gasteiger charge is 2.25. The molecular formula is C11H12N2O6. The van der Waals surface area contributed by atoms with E-state index in [1.807, 2.05) is 0 Å². The molecule has 1 amide bonds. The molecule has 1 rings (SSSR count). The Kier molecular flexibility index (Phi) is 4.54. The van der Waals surface area contributed by atoms with Crippen molar-refractivity contribution >= 4 is 17.6 Å². The number of nitro groups is 1. The summed E-state index contributed by atoms with van der Waals surface area (Å²) in [7, 11) is 0. The van der Waals surface area contributed by atoms with Crippen molar-refractivity contribution in [2.24, 2.45) is 0 Å². The molecule has 1 aromatic carbocycles. The Morgan fingerprint density at radius 1 is 1.32 bits per heavy atom. The number of carboxylic acid groups (broad SMARTS) is 1. The molecule has 8 nitrogen and oxygen atoms in total. The van der Waals surface area contributed by atoms with Crippen molar-refractivity contribution in [1.82, 2.24) is 5.32 Å². The molecule has 0 aliphatic carbocycles. The van der Waals surface area contributed by atoms with Crippen molar-refractivity contribution in [2.75, 3.05) is 0 Å². The topological polar surface area (TPSA) is 130 Å². The lowest BCUT2D eigenvalue weighted by molar-refractivity contribution is -0.384. The molecule has 0 radical (unpaired) electrons. The Morgan fingerprint density at radius 3 is 2.21 bits per heavy atom. The first-order valence-corrected chi connectivity index (χ1v) is 5.29. The van der Waals surface area contributed by atoms with Gasteiger partial charge in [0.2, 0.25) is 0 Å². The van der Waals surface area contributed by atoms with Gasteiger partial charge in [-0.3, -0.25) is 14.9 Å². The lowest BCUT2D eigenvalue weighted by Crippen LogP contribution is -2.47. The van der Waals surface area contributed by atoms with Crippen LogP contribution in [0.25, 0.3) is 0 Å². The minimum atomic E-state index is -1.44. The second-order valence-corrected chi connectivity index (χ2v) is 3.83. The maximum Gasteiger partial charge on any atom is 0.328 e. The van der Waals surface area contributed by atoms with Crippen LogP contribution in [-0.2, 0) is 4.79 Å². The average molecular weight is 268 g/mol. The minimum Gasteiger partial charge on any atom is -0.480 e. The molecule has 0 saturated carbocycles. The van der Waals surface area contributed by atoms with E-state index in [2.05, 4.69) is 5.32 Å². The number of carboxylic acids is 1. The van der Waals surface area contributed by atoms with Crippen molar-refractivity contribution in [3.8, 4) is 0 Å². The quantitative estimate of drug-likeness (QED) is 0.515. The van der Waals surface area contributed by atoms with Gasteiger partial charge in [0.15, 0.2) is 6.04 Å². The third kappa shape index (κ3) is 3.75. The highest BCUT2D eigenvalue weighted by molar-refractivity contribution is 5.96. The van der Waals surface area contributed by atoms with E-state index in [0.29, 0.717) is 0 Å². The summed E-state index contributed by atoms with van der Waals surface area (Å²) < 4.78 is 0. The maximum absolute atomic E-state index is 11.7. The molecule has 102 valence electrons. The summed E-state index contributed by atoms with van der Waals surface area (Å²) in [5.74, 6) is -2.10. The summed E-state index contributed by atoms with van der Waals surface area (Å²) in [5, 5.41) is 30.6. The molecule has 0 aliphatic heterocycles. The van der Waals surface area contributed by atoms with Crippen LogP contribution in [0.2, 0.25) is 0 Å². The fourth-order valence-corrected chi connectivity index (χ4v) is 1.35. The van der Waals surface area contributed by atoms with E-state index in [1.54, 1.807) is 0 Å². The standard InChI is InChI=1S/C11H12N2O6/c1-6(14)9(11(16)17)12-10(15)7-2-4-8(5-3-7)13(18)19/h2-6,9,14H,1H3,(H,12,15)(H,16,17)/t6-,9+/m0/s1. The molecule has 3 N–H and O–H groups in total. The Labute approximate surface area is 107 Å². The van der Waals surface area contributed by atoms with Crippen LogP contribution in [-0.4, -0.2) is 39.2 Å². The first-order chi connectivity index (χ1) is 8.82. The number of rotatable bonds is 5. The molecule has 0 aromatic heterocycles. The first-order valence-electron chi connectivity index (χ1n) is 5.29. The maximum atomic E-state index is 11.7. The van der Waals surface area contributed by atoms with Gasteiger partial charge in [0.1, 0.15) is 0 Å². The van der Waals surface area contributed by atoms with Crippen molar-refractivity contribution in [3.63, 3.8) is 0 Å². The predicted molar refractivity (Wildman–Crippen MR) is 63.7 cm³/mol. The summed E-state index contributed by atoms with van der Waals surface area (Å²) in [6.07, 6.45) is -1.26. The van der Waals surface area contributed by atoms with Gasteiger partial charge in [-0.25, -0.2) is 4.79 Å². The van der Waals surface area contributed by atoms with Crippen LogP contribution in [0.1, 0.15) is 17.3 Å². The van der Waals surface area contributed by atoms with E-state index in [0.717, 1.165) is 12.1 Å². The van der Waals surface area contributed by atoms with Crippen LogP contribution in [0, 0.1) is 10.1 Å². The number of nitrogens with zero attached hydrogens (tertiary/aromatic N) is 1. The highest BCUT2D eigenvalue weighted by Crippen LogP contribution is 2.12. The Morgan fingerprint density at radius 2 is 1.84 bits per heavy atom. The third-order valence-electron chi connectivity index (χ3n) is 2.38. The summed E-state index contributed by atoms with van der Waals surface area (Å²) in [6.45, 7) is 1.23. The zero-order valence-corrected chi connectivity index (χ0v) is 9.94. The van der Waals surface area contributed by atoms with E-state index < -0.39 is 28.9 Å². The molecule has 0 spiro atoms. The number of hydrogen-bond donors (Lipinski definition) is 3. The van der Waals surface area contributed by atoms with Gasteiger partial charge in [0, 0.05) is 17.7 Å². The Hall–Kier alpha value is -2.48. The smallest absolute Gasteiger partial charge is 0.328 e. The van der Waals surface area contributed by atoms with Gasteiger partial charge in [-0.1, -0.05) is 0 Å². The zero-order chi connectivity index (χ0) is 14.6. The number of nitrogens with one attached hydrogen (secondary N) is 1. The summed E-state index contributed by atoms with van der Waals surface area (Å²) in [6, 6.07) is 3.23. The summed E-state index contributed by atoms with van der Waals surface area (Å²) >= 11 is 0. The number of carbonyl (C=O) groups is 2. The second-order valence-electron chi connectivity index (χ2n) is 3.83. The van der Waals surface area contributed by atoms with E-state index in [9.17, 15) is 24.8 Å². The molecule has 0 unspecified atom stereocenters. The lowest BCUT2D eigenvalue weighted by Gasteiger charge is -2.16. The number of nitro benzene ring substituents is 1. The number of carbonyl (C=O) groups excluding carboxylic acids is 1. The van der Waals surface area contributed by atoms with Gasteiger partial charge in [-0.05, 0) is 19.1 Å². The van der Waals surface area contributed by atoms with Gasteiger partial charge in [0.05, 0.1) is 11.0 Å². The molecule has 1 aromatic rings. The number of hydrogen-bond acceptors (Lipinski definition) is 5. The fraction of sp³-hybridized carbons (Fsp3) is 0.273. The van der Waals surface area contributed by atoms with Crippen LogP contribution in [0.4, 0.5) is 5.69 Å². The molecule has 0 heterocycles. The highest BCUT2D eigenvalue weighted by atomic mass is 16.6. The Bertz CT molecular complexity index is 496. The summed E-state index contributed by atoms with van der Waals surface area (Å²) in [5.41, 5.74) is -0.112. The largest absolute Gasteiger partial charge is 0.480 e. The van der Waals surface area contributed by atoms with Crippen molar-refractivity contribution in [2.45, 2.75) is 19.1 Å². The van der Waals surface area contributed by atoms with Crippen LogP contribution in [0.5, 0.6) is 0 Å². The number of non-ortho nitro benzene ring substituents is 1. The molecule has 0 fully saturated rings.